The molecule has 0 amide bonds. The summed E-state index contributed by atoms with van der Waals surface area (Å²) in [6.07, 6.45) is 4.06. The van der Waals surface area contributed by atoms with Gasteiger partial charge in [0.05, 0.1) is 0 Å². The molecule has 82 valence electrons. The minimum absolute atomic E-state index is 1.01. The van der Waals surface area contributed by atoms with E-state index in [1.165, 1.54) is 0 Å². The molecule has 0 radical (unpaired) electrons. The highest BCUT2D eigenvalue weighted by atomic mass is 79.9. The third-order valence-corrected chi connectivity index (χ3v) is 5.29. The van der Waals surface area contributed by atoms with Gasteiger partial charge in [0, 0.05) is 17.9 Å². The Kier molecular flexibility index (Phi) is 4.27. The number of benzene rings is 1. The number of hydrogen-bond acceptors (Lipinski definition) is 0. The van der Waals surface area contributed by atoms with Crippen molar-refractivity contribution in [2.45, 2.75) is 0 Å². The molecule has 1 aliphatic rings. The summed E-state index contributed by atoms with van der Waals surface area (Å²) in [7, 11) is 0. The van der Waals surface area contributed by atoms with Crippen LogP contribution in [0.4, 0.5) is 0 Å². The maximum Gasteiger partial charge on any atom is 0.0396 e. The van der Waals surface area contributed by atoms with E-state index in [0.717, 1.165) is 29.1 Å². The van der Waals surface area contributed by atoms with Crippen molar-refractivity contribution in [1.29, 1.82) is 0 Å². The Morgan fingerprint density at radius 1 is 0.750 bits per heavy atom. The predicted octanol–water partition coefficient (Wildman–Crippen LogP) is 6.17. The molecule has 0 unspecified atom stereocenters. The average Bonchev–Trinajstić information content (AvgIpc) is 2.26. The first-order valence-electron chi connectivity index (χ1n) is 4.49. The maximum absolute atomic E-state index is 3.61. The molecule has 1 aliphatic carbocycles. The van der Waals surface area contributed by atoms with Crippen molar-refractivity contribution in [3.63, 3.8) is 0 Å². The number of hydrogen-bond donors (Lipinski definition) is 0. The Balaban J connectivity index is 2.75. The number of rotatable bonds is 0. The summed E-state index contributed by atoms with van der Waals surface area (Å²) in [5, 5.41) is 0. The fourth-order valence-electron chi connectivity index (χ4n) is 1.44. The molecule has 0 N–H and O–H groups in total. The van der Waals surface area contributed by atoms with E-state index in [2.05, 4.69) is 75.9 Å². The monoisotopic (exact) mass is 466 g/mol. The van der Waals surface area contributed by atoms with Gasteiger partial charge in [-0.15, -0.1) is 0 Å². The average molecular weight is 470 g/mol. The van der Waals surface area contributed by atoms with Gasteiger partial charge < -0.3 is 0 Å². The van der Waals surface area contributed by atoms with E-state index in [1.54, 1.807) is 0 Å². The van der Waals surface area contributed by atoms with E-state index in [4.69, 9.17) is 0 Å². The van der Waals surface area contributed by atoms with Gasteiger partial charge in [-0.1, -0.05) is 56.1 Å². The van der Waals surface area contributed by atoms with Gasteiger partial charge in [0.1, 0.15) is 0 Å². The van der Waals surface area contributed by atoms with Gasteiger partial charge in [-0.05, 0) is 55.1 Å². The first-order chi connectivity index (χ1) is 7.59. The molecule has 16 heavy (non-hydrogen) atoms. The standard InChI is InChI=1S/C12H6Br4/c13-7-5-10(14)8-3-1-2-4-9(8)12(16)11(15)6-7/h1-6H/b7-5?,7-6+,10-5+,10-8?,11-6?,12-9?,12-11-. The molecule has 0 aliphatic heterocycles. The quantitative estimate of drug-likeness (QED) is 0.426. The fourth-order valence-corrected chi connectivity index (χ4v) is 4.02. The molecule has 0 atom stereocenters. The van der Waals surface area contributed by atoms with Crippen molar-refractivity contribution in [2.24, 2.45) is 0 Å². The van der Waals surface area contributed by atoms with E-state index in [1.807, 2.05) is 24.3 Å². The highest BCUT2D eigenvalue weighted by Gasteiger charge is 2.12. The summed E-state index contributed by atoms with van der Waals surface area (Å²) < 4.78 is 4.13. The van der Waals surface area contributed by atoms with Crippen LogP contribution in [-0.2, 0) is 0 Å². The highest BCUT2D eigenvalue weighted by molar-refractivity contribution is 9.16. The van der Waals surface area contributed by atoms with E-state index in [-0.39, 0.29) is 0 Å². The molecular weight excluding hydrogens is 464 g/mol. The summed E-state index contributed by atoms with van der Waals surface area (Å²) in [6.45, 7) is 0. The molecule has 0 saturated heterocycles. The van der Waals surface area contributed by atoms with Crippen LogP contribution in [-0.4, -0.2) is 0 Å². The van der Waals surface area contributed by atoms with Gasteiger partial charge in [-0.25, -0.2) is 0 Å². The van der Waals surface area contributed by atoms with Crippen molar-refractivity contribution in [3.8, 4) is 0 Å². The number of halogens is 4. The van der Waals surface area contributed by atoms with Crippen molar-refractivity contribution in [2.75, 3.05) is 0 Å². The number of fused-ring (bicyclic) bond motifs is 1. The van der Waals surface area contributed by atoms with Gasteiger partial charge >= 0.3 is 0 Å². The second-order valence-corrected chi connectivity index (χ2v) is 6.65. The summed E-state index contributed by atoms with van der Waals surface area (Å²) in [5.74, 6) is 0. The molecule has 0 spiro atoms. The molecule has 1 aromatic rings. The molecule has 0 saturated carbocycles. The largest absolute Gasteiger partial charge is 0.0616 e. The molecule has 0 heterocycles. The van der Waals surface area contributed by atoms with Crippen molar-refractivity contribution >= 4 is 72.7 Å². The lowest BCUT2D eigenvalue weighted by Crippen LogP contribution is -1.89. The van der Waals surface area contributed by atoms with E-state index >= 15 is 0 Å². The topological polar surface area (TPSA) is 0 Å². The minimum atomic E-state index is 1.01. The SMILES string of the molecule is BrC1=C(\Br)c2ccccc2\C(Br)=C/C(Br)=C\1. The molecule has 4 heteroatoms. The summed E-state index contributed by atoms with van der Waals surface area (Å²) >= 11 is 14.3. The first-order valence-corrected chi connectivity index (χ1v) is 7.66. The van der Waals surface area contributed by atoms with Crippen molar-refractivity contribution in [3.05, 3.63) is 56.5 Å². The van der Waals surface area contributed by atoms with Crippen LogP contribution in [0.5, 0.6) is 0 Å². The van der Waals surface area contributed by atoms with Crippen LogP contribution in [0.1, 0.15) is 11.1 Å². The highest BCUT2D eigenvalue weighted by Crippen LogP contribution is 2.39. The predicted molar refractivity (Wildman–Crippen MR) is 85.1 cm³/mol. The van der Waals surface area contributed by atoms with E-state index in [9.17, 15) is 0 Å². The van der Waals surface area contributed by atoms with Crippen LogP contribution in [0.2, 0.25) is 0 Å². The van der Waals surface area contributed by atoms with Crippen LogP contribution in [0.15, 0.2) is 45.4 Å². The Labute approximate surface area is 128 Å². The summed E-state index contributed by atoms with van der Waals surface area (Å²) in [5.41, 5.74) is 2.32. The minimum Gasteiger partial charge on any atom is -0.0616 e. The molecular formula is C12H6Br4. The Morgan fingerprint density at radius 3 is 2.06 bits per heavy atom. The van der Waals surface area contributed by atoms with Crippen LogP contribution >= 0.6 is 63.7 Å². The van der Waals surface area contributed by atoms with Crippen LogP contribution in [0, 0.1) is 0 Å². The Morgan fingerprint density at radius 2 is 1.38 bits per heavy atom. The molecule has 1 aromatic carbocycles. The zero-order chi connectivity index (χ0) is 11.7. The van der Waals surface area contributed by atoms with Gasteiger partial charge in [0.2, 0.25) is 0 Å². The third kappa shape index (κ3) is 2.61. The second-order valence-electron chi connectivity index (χ2n) is 3.23. The lowest BCUT2D eigenvalue weighted by atomic mass is 10.1. The van der Waals surface area contributed by atoms with Gasteiger partial charge in [0.25, 0.3) is 0 Å². The lowest BCUT2D eigenvalue weighted by Gasteiger charge is -2.12. The van der Waals surface area contributed by atoms with Crippen LogP contribution in [0.25, 0.3) is 8.96 Å². The lowest BCUT2D eigenvalue weighted by molar-refractivity contribution is 1.59. The molecule has 0 bridgehead atoms. The van der Waals surface area contributed by atoms with Crippen molar-refractivity contribution < 1.29 is 0 Å². The van der Waals surface area contributed by atoms with Gasteiger partial charge in [0.15, 0.2) is 0 Å². The third-order valence-electron chi connectivity index (χ3n) is 2.16. The summed E-state index contributed by atoms with van der Waals surface area (Å²) in [4.78, 5) is 0. The van der Waals surface area contributed by atoms with Gasteiger partial charge in [-0.2, -0.15) is 0 Å². The fraction of sp³-hybridized carbons (Fsp3) is 0. The molecule has 0 fully saturated rings. The Bertz CT molecular complexity index is 524. The van der Waals surface area contributed by atoms with Gasteiger partial charge in [-0.3, -0.25) is 0 Å². The van der Waals surface area contributed by atoms with E-state index < -0.39 is 0 Å². The summed E-state index contributed by atoms with van der Waals surface area (Å²) in [6, 6.07) is 8.23. The van der Waals surface area contributed by atoms with Crippen molar-refractivity contribution in [1.82, 2.24) is 0 Å². The smallest absolute Gasteiger partial charge is 0.0396 e. The molecule has 0 aromatic heterocycles. The Hall–Kier alpha value is 0.360. The number of allylic oxidation sites excluding steroid dienone is 4. The van der Waals surface area contributed by atoms with Crippen LogP contribution < -0.4 is 0 Å². The second kappa shape index (κ2) is 5.34. The van der Waals surface area contributed by atoms with E-state index in [0.29, 0.717) is 0 Å². The molecule has 0 nitrogen and oxygen atoms in total. The normalized spacial score (nSPS) is 27.0. The zero-order valence-corrected chi connectivity index (χ0v) is 14.3. The molecule has 2 rings (SSSR count). The first kappa shape index (κ1) is 12.8. The zero-order valence-electron chi connectivity index (χ0n) is 7.98. The maximum atomic E-state index is 3.61. The van der Waals surface area contributed by atoms with Crippen LogP contribution in [0.3, 0.4) is 0 Å².